The Bertz CT molecular complexity index is 841. The molecule has 1 aromatic carbocycles. The van der Waals surface area contributed by atoms with E-state index >= 15 is 0 Å². The van der Waals surface area contributed by atoms with Crippen molar-refractivity contribution in [2.24, 2.45) is 0 Å². The summed E-state index contributed by atoms with van der Waals surface area (Å²) in [6.45, 7) is -0.264. The molecule has 0 fully saturated rings. The number of aromatic nitrogens is 1. The molecule has 0 aliphatic rings. The fraction of sp³-hybridized carbons (Fsp3) is 0.235. The first kappa shape index (κ1) is 20.0. The Morgan fingerprint density at radius 3 is 2.85 bits per heavy atom. The number of thiol groups is 1. The lowest BCUT2D eigenvalue weighted by Gasteiger charge is -2.16. The summed E-state index contributed by atoms with van der Waals surface area (Å²) in [7, 11) is 0. The predicted octanol–water partition coefficient (Wildman–Crippen LogP) is 2.01. The summed E-state index contributed by atoms with van der Waals surface area (Å²) < 4.78 is 5.78. The molecule has 136 valence electrons. The third kappa shape index (κ3) is 5.34. The number of aliphatic carboxylic acids is 1. The van der Waals surface area contributed by atoms with Gasteiger partial charge in [-0.05, 0) is 18.2 Å². The number of carbonyl (C=O) groups is 1. The Morgan fingerprint density at radius 1 is 1.42 bits per heavy atom. The molecule has 0 aliphatic heterocycles. The maximum atomic E-state index is 11.0. The van der Waals surface area contributed by atoms with E-state index in [4.69, 9.17) is 31.8 Å². The number of ether oxygens (including phenoxy) is 1. The first-order chi connectivity index (χ1) is 12.4. The molecule has 2 rings (SSSR count). The summed E-state index contributed by atoms with van der Waals surface area (Å²) in [5, 5.41) is 30.1. The molecule has 7 nitrogen and oxygen atoms in total. The average molecular weight is 394 g/mol. The number of nitrogens with zero attached hydrogens (tertiary/aromatic N) is 2. The van der Waals surface area contributed by atoms with Crippen molar-refractivity contribution >= 4 is 30.2 Å². The van der Waals surface area contributed by atoms with E-state index in [2.05, 4.69) is 22.9 Å². The molecule has 3 N–H and O–H groups in total. The summed E-state index contributed by atoms with van der Waals surface area (Å²) in [4.78, 5) is 15.5. The summed E-state index contributed by atoms with van der Waals surface area (Å²) in [6.07, 6.45) is 3.04. The SMILES string of the molecule is N#Cc1cncc(COc2cc(S)c(Cl)cc2CNC(CO)C(=O)O)c1. The molecule has 2 aromatic rings. The van der Waals surface area contributed by atoms with Crippen molar-refractivity contribution in [2.75, 3.05) is 6.61 Å². The minimum absolute atomic E-state index is 0.122. The fourth-order valence-electron chi connectivity index (χ4n) is 2.11. The van der Waals surface area contributed by atoms with Gasteiger partial charge in [-0.15, -0.1) is 12.6 Å². The topological polar surface area (TPSA) is 115 Å². The van der Waals surface area contributed by atoms with Gasteiger partial charge in [0.15, 0.2) is 0 Å². The third-order valence-electron chi connectivity index (χ3n) is 3.47. The molecule has 0 bridgehead atoms. The lowest BCUT2D eigenvalue weighted by molar-refractivity contribution is -0.140. The molecular formula is C17H16ClN3O4S. The standard InChI is InChI=1S/C17H16ClN3O4S/c18-13-2-12(7-21-14(8-22)17(23)24)15(3-16(13)26)25-9-11-1-10(4-19)5-20-6-11/h1-3,5-6,14,21-22,26H,7-9H2,(H,23,24). The first-order valence-electron chi connectivity index (χ1n) is 7.50. The van der Waals surface area contributed by atoms with Crippen LogP contribution >= 0.6 is 24.2 Å². The maximum absolute atomic E-state index is 11.0. The monoisotopic (exact) mass is 393 g/mol. The molecule has 0 aliphatic carbocycles. The second kappa shape index (κ2) is 9.40. The molecule has 1 aromatic heterocycles. The van der Waals surface area contributed by atoms with Gasteiger partial charge in [-0.3, -0.25) is 15.1 Å². The van der Waals surface area contributed by atoms with Gasteiger partial charge in [0.25, 0.3) is 0 Å². The number of benzene rings is 1. The molecule has 1 heterocycles. The van der Waals surface area contributed by atoms with E-state index < -0.39 is 18.6 Å². The minimum Gasteiger partial charge on any atom is -0.488 e. The summed E-state index contributed by atoms with van der Waals surface area (Å²) in [6, 6.07) is 5.81. The third-order valence-corrected chi connectivity index (χ3v) is 4.28. The summed E-state index contributed by atoms with van der Waals surface area (Å²) in [5.74, 6) is -0.706. The number of rotatable bonds is 8. The molecule has 9 heteroatoms. The van der Waals surface area contributed by atoms with Crippen molar-refractivity contribution in [3.8, 4) is 11.8 Å². The van der Waals surface area contributed by atoms with Gasteiger partial charge in [0.2, 0.25) is 0 Å². The Kier molecular flexibility index (Phi) is 7.24. The van der Waals surface area contributed by atoms with Crippen LogP contribution in [0.5, 0.6) is 5.75 Å². The van der Waals surface area contributed by atoms with Gasteiger partial charge in [0.1, 0.15) is 24.5 Å². The van der Waals surface area contributed by atoms with Gasteiger partial charge in [-0.25, -0.2) is 0 Å². The van der Waals surface area contributed by atoms with Gasteiger partial charge in [0, 0.05) is 35.0 Å². The van der Waals surface area contributed by atoms with Crippen LogP contribution in [0.25, 0.3) is 0 Å². The highest BCUT2D eigenvalue weighted by Crippen LogP contribution is 2.30. The van der Waals surface area contributed by atoms with E-state index in [1.54, 1.807) is 24.4 Å². The number of hydrogen-bond donors (Lipinski definition) is 4. The maximum Gasteiger partial charge on any atom is 0.323 e. The highest BCUT2D eigenvalue weighted by molar-refractivity contribution is 7.80. The molecule has 26 heavy (non-hydrogen) atoms. The van der Waals surface area contributed by atoms with Crippen LogP contribution < -0.4 is 10.1 Å². The van der Waals surface area contributed by atoms with E-state index in [9.17, 15) is 4.79 Å². The number of aliphatic hydroxyl groups is 1. The molecule has 0 spiro atoms. The Labute approximate surface area is 160 Å². The number of hydrogen-bond acceptors (Lipinski definition) is 7. The molecule has 1 atom stereocenters. The van der Waals surface area contributed by atoms with Crippen LogP contribution in [-0.4, -0.2) is 33.8 Å². The molecule has 1 unspecified atom stereocenters. The molecule has 0 radical (unpaired) electrons. The van der Waals surface area contributed by atoms with E-state index in [1.807, 2.05) is 6.07 Å². The number of halogens is 1. The second-order valence-electron chi connectivity index (χ2n) is 5.35. The molecular weight excluding hydrogens is 378 g/mol. The highest BCUT2D eigenvalue weighted by atomic mass is 35.5. The van der Waals surface area contributed by atoms with Crippen molar-refractivity contribution in [2.45, 2.75) is 24.1 Å². The van der Waals surface area contributed by atoms with Crippen LogP contribution in [0.4, 0.5) is 0 Å². The van der Waals surface area contributed by atoms with Crippen molar-refractivity contribution in [1.29, 1.82) is 5.26 Å². The average Bonchev–Trinajstić information content (AvgIpc) is 2.63. The normalized spacial score (nSPS) is 11.6. The quantitative estimate of drug-likeness (QED) is 0.507. The lowest BCUT2D eigenvalue weighted by Crippen LogP contribution is -2.39. The van der Waals surface area contributed by atoms with Crippen molar-refractivity contribution < 1.29 is 19.7 Å². The van der Waals surface area contributed by atoms with Crippen LogP contribution in [0.3, 0.4) is 0 Å². The van der Waals surface area contributed by atoms with E-state index in [0.717, 1.165) is 0 Å². The predicted molar refractivity (Wildman–Crippen MR) is 97.3 cm³/mol. The minimum atomic E-state index is -1.16. The van der Waals surface area contributed by atoms with Crippen LogP contribution in [-0.2, 0) is 17.9 Å². The largest absolute Gasteiger partial charge is 0.488 e. The zero-order valence-electron chi connectivity index (χ0n) is 13.5. The second-order valence-corrected chi connectivity index (χ2v) is 6.24. The van der Waals surface area contributed by atoms with Gasteiger partial charge in [0.05, 0.1) is 17.2 Å². The number of nitriles is 1. The summed E-state index contributed by atoms with van der Waals surface area (Å²) in [5.41, 5.74) is 1.74. The Morgan fingerprint density at radius 2 is 2.19 bits per heavy atom. The van der Waals surface area contributed by atoms with E-state index in [-0.39, 0.29) is 13.2 Å². The number of aliphatic hydroxyl groups excluding tert-OH is 1. The van der Waals surface area contributed by atoms with Gasteiger partial charge in [-0.1, -0.05) is 11.6 Å². The zero-order chi connectivity index (χ0) is 19.1. The molecule has 0 saturated heterocycles. The fourth-order valence-corrected chi connectivity index (χ4v) is 2.48. The van der Waals surface area contributed by atoms with Crippen molar-refractivity contribution in [3.05, 3.63) is 52.3 Å². The molecule has 0 amide bonds. The Hall–Kier alpha value is -2.31. The summed E-state index contributed by atoms with van der Waals surface area (Å²) >= 11 is 10.3. The van der Waals surface area contributed by atoms with Crippen LogP contribution in [0, 0.1) is 11.3 Å². The number of carboxylic acid groups (broad SMARTS) is 1. The zero-order valence-corrected chi connectivity index (χ0v) is 15.2. The highest BCUT2D eigenvalue weighted by Gasteiger charge is 2.17. The smallest absolute Gasteiger partial charge is 0.323 e. The number of carboxylic acids is 1. The number of nitrogens with one attached hydrogen (secondary N) is 1. The van der Waals surface area contributed by atoms with Crippen LogP contribution in [0.15, 0.2) is 35.5 Å². The lowest BCUT2D eigenvalue weighted by atomic mass is 10.1. The van der Waals surface area contributed by atoms with Gasteiger partial charge < -0.3 is 14.9 Å². The van der Waals surface area contributed by atoms with Crippen LogP contribution in [0.2, 0.25) is 5.02 Å². The Balaban J connectivity index is 2.17. The molecule has 0 saturated carbocycles. The van der Waals surface area contributed by atoms with Crippen LogP contribution in [0.1, 0.15) is 16.7 Å². The first-order valence-corrected chi connectivity index (χ1v) is 8.32. The van der Waals surface area contributed by atoms with Crippen molar-refractivity contribution in [1.82, 2.24) is 10.3 Å². The van der Waals surface area contributed by atoms with Gasteiger partial charge in [-0.2, -0.15) is 5.26 Å². The van der Waals surface area contributed by atoms with Crippen molar-refractivity contribution in [3.63, 3.8) is 0 Å². The van der Waals surface area contributed by atoms with E-state index in [1.165, 1.54) is 6.20 Å². The number of pyridine rings is 1. The van der Waals surface area contributed by atoms with Gasteiger partial charge >= 0.3 is 5.97 Å². The van der Waals surface area contributed by atoms with E-state index in [0.29, 0.717) is 32.4 Å².